The quantitative estimate of drug-likeness (QED) is 0.698. The topological polar surface area (TPSA) is 57.5 Å². The van der Waals surface area contributed by atoms with Gasteiger partial charge in [-0.2, -0.15) is 0 Å². The van der Waals surface area contributed by atoms with Crippen LogP contribution < -0.4 is 0 Å². The van der Waals surface area contributed by atoms with Crippen LogP contribution in [0.2, 0.25) is 0 Å². The maximum absolute atomic E-state index is 10.6. The van der Waals surface area contributed by atoms with Crippen LogP contribution in [0.4, 0.5) is 0 Å². The Morgan fingerprint density at radius 1 is 1.64 bits per heavy atom. The standard InChI is InChI=1S/C6H8O3S2/c7-3-1-5-2-4-10-6(5)11(8)9/h2,4,7H,1,3H2,(H,8,9). The molecule has 0 bridgehead atoms. The second-order valence-corrected chi connectivity index (χ2v) is 4.04. The minimum atomic E-state index is -1.90. The largest absolute Gasteiger partial charge is 0.396 e. The van der Waals surface area contributed by atoms with E-state index in [-0.39, 0.29) is 6.61 Å². The highest BCUT2D eigenvalue weighted by Gasteiger charge is 2.07. The average Bonchev–Trinajstić information content (AvgIpc) is 2.36. The third kappa shape index (κ3) is 2.10. The molecule has 1 aromatic heterocycles. The number of hydrogen-bond acceptors (Lipinski definition) is 3. The molecule has 1 aromatic rings. The molecule has 2 N–H and O–H groups in total. The van der Waals surface area contributed by atoms with E-state index < -0.39 is 11.1 Å². The van der Waals surface area contributed by atoms with E-state index in [2.05, 4.69) is 0 Å². The van der Waals surface area contributed by atoms with Crippen molar-refractivity contribution in [1.82, 2.24) is 0 Å². The Labute approximate surface area is 71.0 Å². The molecule has 0 aliphatic carbocycles. The third-order valence-corrected chi connectivity index (χ3v) is 3.29. The lowest BCUT2D eigenvalue weighted by atomic mass is 10.3. The molecule has 62 valence electrons. The zero-order valence-electron chi connectivity index (χ0n) is 5.69. The first kappa shape index (κ1) is 8.86. The SMILES string of the molecule is O=S(O)c1sccc1CCO. The Balaban J connectivity index is 2.87. The van der Waals surface area contributed by atoms with Crippen molar-refractivity contribution in [3.63, 3.8) is 0 Å². The summed E-state index contributed by atoms with van der Waals surface area (Å²) in [6.45, 7) is 0.0148. The molecule has 3 nitrogen and oxygen atoms in total. The fraction of sp³-hybridized carbons (Fsp3) is 0.333. The highest BCUT2D eigenvalue weighted by Crippen LogP contribution is 2.19. The first-order valence-corrected chi connectivity index (χ1v) is 5.02. The summed E-state index contributed by atoms with van der Waals surface area (Å²) in [5, 5.41) is 10.3. The lowest BCUT2D eigenvalue weighted by Gasteiger charge is -1.94. The van der Waals surface area contributed by atoms with E-state index in [9.17, 15) is 4.21 Å². The number of hydrogen-bond donors (Lipinski definition) is 2. The Morgan fingerprint density at radius 3 is 2.91 bits per heavy atom. The fourth-order valence-corrected chi connectivity index (χ4v) is 2.35. The molecule has 0 aliphatic heterocycles. The van der Waals surface area contributed by atoms with Gasteiger partial charge in [0, 0.05) is 6.61 Å². The van der Waals surface area contributed by atoms with Crippen molar-refractivity contribution >= 4 is 22.4 Å². The fourth-order valence-electron chi connectivity index (χ4n) is 0.781. The average molecular weight is 192 g/mol. The van der Waals surface area contributed by atoms with Crippen LogP contribution >= 0.6 is 11.3 Å². The lowest BCUT2D eigenvalue weighted by Crippen LogP contribution is -1.94. The summed E-state index contributed by atoms with van der Waals surface area (Å²) in [6.07, 6.45) is 0.450. The molecule has 11 heavy (non-hydrogen) atoms. The third-order valence-electron chi connectivity index (χ3n) is 1.25. The molecule has 5 heteroatoms. The zero-order valence-corrected chi connectivity index (χ0v) is 7.32. The van der Waals surface area contributed by atoms with Crippen molar-refractivity contribution in [3.05, 3.63) is 17.0 Å². The summed E-state index contributed by atoms with van der Waals surface area (Å²) < 4.78 is 19.8. The molecule has 0 spiro atoms. The molecule has 0 radical (unpaired) electrons. The van der Waals surface area contributed by atoms with Crippen molar-refractivity contribution in [1.29, 1.82) is 0 Å². The molecule has 0 fully saturated rings. The van der Waals surface area contributed by atoms with Crippen LogP contribution in [0.5, 0.6) is 0 Å². The van der Waals surface area contributed by atoms with Crippen LogP contribution in [-0.4, -0.2) is 20.5 Å². The van der Waals surface area contributed by atoms with Gasteiger partial charge in [0.15, 0.2) is 11.1 Å². The minimum Gasteiger partial charge on any atom is -0.396 e. The molecule has 1 unspecified atom stereocenters. The maximum atomic E-state index is 10.6. The van der Waals surface area contributed by atoms with Gasteiger partial charge in [-0.15, -0.1) is 11.3 Å². The number of aliphatic hydroxyl groups excluding tert-OH is 1. The van der Waals surface area contributed by atoms with Gasteiger partial charge in [0.1, 0.15) is 4.21 Å². The minimum absolute atomic E-state index is 0.0148. The van der Waals surface area contributed by atoms with Gasteiger partial charge in [-0.3, -0.25) is 0 Å². The monoisotopic (exact) mass is 192 g/mol. The van der Waals surface area contributed by atoms with E-state index in [4.69, 9.17) is 9.66 Å². The summed E-state index contributed by atoms with van der Waals surface area (Å²) in [5.74, 6) is 0. The van der Waals surface area contributed by atoms with Gasteiger partial charge >= 0.3 is 0 Å². The summed E-state index contributed by atoms with van der Waals surface area (Å²) in [6, 6.07) is 1.75. The molecule has 0 saturated carbocycles. The van der Waals surface area contributed by atoms with Crippen LogP contribution in [-0.2, 0) is 17.5 Å². The van der Waals surface area contributed by atoms with Crippen LogP contribution in [0.15, 0.2) is 15.7 Å². The van der Waals surface area contributed by atoms with E-state index in [0.29, 0.717) is 10.6 Å². The smallest absolute Gasteiger partial charge is 0.197 e. The van der Waals surface area contributed by atoms with E-state index in [1.807, 2.05) is 0 Å². The molecule has 0 aromatic carbocycles. The van der Waals surface area contributed by atoms with Crippen LogP contribution in [0.3, 0.4) is 0 Å². The molecule has 1 rings (SSSR count). The van der Waals surface area contributed by atoms with Gasteiger partial charge in [-0.1, -0.05) is 0 Å². The second kappa shape index (κ2) is 3.96. The van der Waals surface area contributed by atoms with Crippen LogP contribution in [0, 0.1) is 0 Å². The normalized spacial score (nSPS) is 13.3. The van der Waals surface area contributed by atoms with Gasteiger partial charge in [0.2, 0.25) is 0 Å². The molecule has 1 atom stereocenters. The van der Waals surface area contributed by atoms with Crippen LogP contribution in [0.1, 0.15) is 5.56 Å². The molecule has 1 heterocycles. The second-order valence-electron chi connectivity index (χ2n) is 1.96. The molecule has 0 aliphatic rings. The molecular formula is C6H8O3S2. The van der Waals surface area contributed by atoms with Crippen molar-refractivity contribution < 1.29 is 13.9 Å². The lowest BCUT2D eigenvalue weighted by molar-refractivity contribution is 0.299. The first-order chi connectivity index (χ1) is 5.25. The summed E-state index contributed by atoms with van der Waals surface area (Å²) in [5.41, 5.74) is 0.762. The Kier molecular flexibility index (Phi) is 3.19. The van der Waals surface area contributed by atoms with Crippen molar-refractivity contribution in [2.75, 3.05) is 6.61 Å². The molecule has 0 saturated heterocycles. The van der Waals surface area contributed by atoms with Gasteiger partial charge in [0.25, 0.3) is 0 Å². The van der Waals surface area contributed by atoms with E-state index in [1.165, 1.54) is 11.3 Å². The predicted octanol–water partition coefficient (Wildman–Crippen LogP) is 0.864. The van der Waals surface area contributed by atoms with Gasteiger partial charge in [0.05, 0.1) is 0 Å². The van der Waals surface area contributed by atoms with Crippen molar-refractivity contribution in [3.8, 4) is 0 Å². The van der Waals surface area contributed by atoms with E-state index in [1.54, 1.807) is 11.4 Å². The Morgan fingerprint density at radius 2 is 2.36 bits per heavy atom. The summed E-state index contributed by atoms with van der Waals surface area (Å²) >= 11 is -0.667. The number of rotatable bonds is 3. The van der Waals surface area contributed by atoms with Gasteiger partial charge < -0.3 is 9.66 Å². The van der Waals surface area contributed by atoms with E-state index >= 15 is 0 Å². The predicted molar refractivity (Wildman–Crippen MR) is 44.1 cm³/mol. The first-order valence-electron chi connectivity index (χ1n) is 3.03. The Bertz CT molecular complexity index is 256. The molecule has 0 amide bonds. The summed E-state index contributed by atoms with van der Waals surface area (Å²) in [7, 11) is 0. The highest BCUT2D eigenvalue weighted by atomic mass is 32.2. The number of aliphatic hydroxyl groups is 1. The maximum Gasteiger partial charge on any atom is 0.197 e. The van der Waals surface area contributed by atoms with Gasteiger partial charge in [-0.05, 0) is 23.4 Å². The van der Waals surface area contributed by atoms with Crippen molar-refractivity contribution in [2.24, 2.45) is 0 Å². The Hall–Kier alpha value is -0.230. The van der Waals surface area contributed by atoms with Crippen molar-refractivity contribution in [2.45, 2.75) is 10.6 Å². The highest BCUT2D eigenvalue weighted by molar-refractivity contribution is 7.81. The van der Waals surface area contributed by atoms with Gasteiger partial charge in [-0.25, -0.2) is 4.21 Å². The number of thiophene rings is 1. The summed E-state index contributed by atoms with van der Waals surface area (Å²) in [4.78, 5) is 0. The van der Waals surface area contributed by atoms with E-state index in [0.717, 1.165) is 5.56 Å². The molecular weight excluding hydrogens is 184 g/mol. The van der Waals surface area contributed by atoms with Crippen LogP contribution in [0.25, 0.3) is 0 Å². The zero-order chi connectivity index (χ0) is 8.27.